The van der Waals surface area contributed by atoms with Crippen LogP contribution in [0.4, 0.5) is 5.00 Å². The van der Waals surface area contributed by atoms with Gasteiger partial charge in [-0.15, -0.1) is 22.7 Å². The zero-order valence-electron chi connectivity index (χ0n) is 12.0. The van der Waals surface area contributed by atoms with Gasteiger partial charge in [-0.3, -0.25) is 4.79 Å². The summed E-state index contributed by atoms with van der Waals surface area (Å²) in [7, 11) is 0. The minimum atomic E-state index is -0.576. The molecule has 9 heteroatoms. The van der Waals surface area contributed by atoms with E-state index in [0.29, 0.717) is 9.88 Å². The van der Waals surface area contributed by atoms with Crippen molar-refractivity contribution in [3.05, 3.63) is 37.8 Å². The summed E-state index contributed by atoms with van der Waals surface area (Å²) in [6.07, 6.45) is 0. The molecule has 0 spiro atoms. The largest absolute Gasteiger partial charge is 0.462 e. The molecule has 0 aromatic carbocycles. The number of nitrogens with one attached hydrogen (secondary N) is 1. The second-order valence-corrected chi connectivity index (χ2v) is 7.49. The average Bonchev–Trinajstić information content (AvgIpc) is 3.14. The van der Waals surface area contributed by atoms with Crippen LogP contribution in [0.1, 0.15) is 27.0 Å². The van der Waals surface area contributed by atoms with Crippen LogP contribution in [0.5, 0.6) is 0 Å². The van der Waals surface area contributed by atoms with E-state index in [0.717, 1.165) is 3.79 Å². The first kappa shape index (κ1) is 17.6. The number of hydrogen-bond donors (Lipinski definition) is 1. The predicted molar refractivity (Wildman–Crippen MR) is 91.2 cm³/mol. The van der Waals surface area contributed by atoms with Crippen molar-refractivity contribution < 1.29 is 23.9 Å². The van der Waals surface area contributed by atoms with Gasteiger partial charge in [0.2, 0.25) is 0 Å². The van der Waals surface area contributed by atoms with Gasteiger partial charge in [0.15, 0.2) is 6.61 Å². The second kappa shape index (κ2) is 8.23. The molecule has 0 aliphatic heterocycles. The number of ether oxygens (including phenoxy) is 2. The lowest BCUT2D eigenvalue weighted by molar-refractivity contribution is -0.119. The molecule has 23 heavy (non-hydrogen) atoms. The Labute approximate surface area is 148 Å². The van der Waals surface area contributed by atoms with Gasteiger partial charge in [0.1, 0.15) is 9.88 Å². The lowest BCUT2D eigenvalue weighted by Crippen LogP contribution is -2.21. The Morgan fingerprint density at radius 1 is 1.17 bits per heavy atom. The minimum Gasteiger partial charge on any atom is -0.462 e. The van der Waals surface area contributed by atoms with E-state index < -0.39 is 24.5 Å². The maximum Gasteiger partial charge on any atom is 0.348 e. The molecule has 0 fully saturated rings. The molecule has 2 heterocycles. The highest BCUT2D eigenvalue weighted by atomic mass is 79.9. The predicted octanol–water partition coefficient (Wildman–Crippen LogP) is 3.54. The molecular weight excluding hydrogens is 406 g/mol. The number of carbonyl (C=O) groups is 3. The molecule has 2 aromatic rings. The van der Waals surface area contributed by atoms with Gasteiger partial charge in [-0.1, -0.05) is 0 Å². The Morgan fingerprint density at radius 2 is 1.96 bits per heavy atom. The second-order valence-electron chi connectivity index (χ2n) is 4.11. The van der Waals surface area contributed by atoms with Gasteiger partial charge < -0.3 is 14.8 Å². The van der Waals surface area contributed by atoms with Crippen LogP contribution in [-0.2, 0) is 14.3 Å². The van der Waals surface area contributed by atoms with Crippen molar-refractivity contribution in [1.82, 2.24) is 0 Å². The summed E-state index contributed by atoms with van der Waals surface area (Å²) < 4.78 is 10.6. The van der Waals surface area contributed by atoms with Gasteiger partial charge in [-0.25, -0.2) is 9.59 Å². The molecule has 0 saturated heterocycles. The molecule has 0 aliphatic rings. The summed E-state index contributed by atoms with van der Waals surface area (Å²) in [5.74, 6) is -1.61. The van der Waals surface area contributed by atoms with E-state index in [1.807, 2.05) is 0 Å². The highest BCUT2D eigenvalue weighted by Gasteiger charge is 2.17. The normalized spacial score (nSPS) is 10.2. The third-order valence-electron chi connectivity index (χ3n) is 2.52. The van der Waals surface area contributed by atoms with Gasteiger partial charge >= 0.3 is 11.9 Å². The maximum atomic E-state index is 11.8. The fourth-order valence-corrected chi connectivity index (χ4v) is 3.64. The summed E-state index contributed by atoms with van der Waals surface area (Å²) in [6.45, 7) is 1.51. The van der Waals surface area contributed by atoms with Crippen molar-refractivity contribution >= 4 is 61.5 Å². The van der Waals surface area contributed by atoms with E-state index >= 15 is 0 Å². The van der Waals surface area contributed by atoms with Crippen LogP contribution in [0.15, 0.2) is 27.4 Å². The molecule has 2 rings (SSSR count). The molecule has 0 atom stereocenters. The van der Waals surface area contributed by atoms with Crippen LogP contribution < -0.4 is 5.32 Å². The highest BCUT2D eigenvalue weighted by Crippen LogP contribution is 2.24. The Bertz CT molecular complexity index is 724. The Morgan fingerprint density at radius 3 is 2.61 bits per heavy atom. The Hall–Kier alpha value is -1.71. The molecule has 6 nitrogen and oxygen atoms in total. The fourth-order valence-electron chi connectivity index (χ4n) is 1.56. The number of amides is 1. The average molecular weight is 418 g/mol. The first-order valence-electron chi connectivity index (χ1n) is 6.48. The van der Waals surface area contributed by atoms with E-state index in [4.69, 9.17) is 9.47 Å². The van der Waals surface area contributed by atoms with Crippen molar-refractivity contribution in [3.8, 4) is 0 Å². The smallest absolute Gasteiger partial charge is 0.348 e. The first-order chi connectivity index (χ1) is 11.0. The van der Waals surface area contributed by atoms with E-state index in [9.17, 15) is 14.4 Å². The van der Waals surface area contributed by atoms with Crippen molar-refractivity contribution in [2.24, 2.45) is 0 Å². The summed E-state index contributed by atoms with van der Waals surface area (Å²) in [4.78, 5) is 35.7. The molecule has 0 unspecified atom stereocenters. The SMILES string of the molecule is CCOC(=O)c1ccsc1NC(=O)COC(=O)c1ccc(Br)s1. The summed E-state index contributed by atoms with van der Waals surface area (Å²) >= 11 is 5.65. The Kier molecular flexibility index (Phi) is 6.31. The van der Waals surface area contributed by atoms with Crippen LogP contribution in [0.2, 0.25) is 0 Å². The van der Waals surface area contributed by atoms with Gasteiger partial charge in [0, 0.05) is 0 Å². The number of carbonyl (C=O) groups excluding carboxylic acids is 3. The van der Waals surface area contributed by atoms with Crippen LogP contribution >= 0.6 is 38.6 Å². The lowest BCUT2D eigenvalue weighted by atomic mass is 10.3. The third kappa shape index (κ3) is 4.88. The quantitative estimate of drug-likeness (QED) is 0.726. The van der Waals surface area contributed by atoms with Crippen molar-refractivity contribution in [3.63, 3.8) is 0 Å². The molecular formula is C14H12BrNO5S2. The molecule has 1 amide bonds. The minimum absolute atomic E-state index is 0.246. The number of anilines is 1. The number of rotatable bonds is 6. The molecule has 122 valence electrons. The van der Waals surface area contributed by atoms with Crippen LogP contribution in [0.3, 0.4) is 0 Å². The van der Waals surface area contributed by atoms with Crippen LogP contribution in [0.25, 0.3) is 0 Å². The summed E-state index contributed by atoms with van der Waals surface area (Å²) in [5, 5.41) is 4.57. The zero-order valence-corrected chi connectivity index (χ0v) is 15.2. The van der Waals surface area contributed by atoms with Gasteiger partial charge in [-0.05, 0) is 46.4 Å². The lowest BCUT2D eigenvalue weighted by Gasteiger charge is -2.06. The number of thiophene rings is 2. The standard InChI is InChI=1S/C14H12BrNO5S2/c1-2-20-13(18)8-5-6-22-12(8)16-11(17)7-21-14(19)9-3-4-10(15)23-9/h3-6H,2,7H2,1H3,(H,16,17). The molecule has 0 aliphatic carbocycles. The zero-order chi connectivity index (χ0) is 16.8. The van der Waals surface area contributed by atoms with Crippen LogP contribution in [0, 0.1) is 0 Å². The number of hydrogen-bond acceptors (Lipinski definition) is 7. The van der Waals surface area contributed by atoms with Crippen molar-refractivity contribution in [1.29, 1.82) is 0 Å². The van der Waals surface area contributed by atoms with E-state index in [1.54, 1.807) is 30.5 Å². The number of esters is 2. The van der Waals surface area contributed by atoms with E-state index in [1.165, 1.54) is 22.7 Å². The highest BCUT2D eigenvalue weighted by molar-refractivity contribution is 9.11. The molecule has 0 radical (unpaired) electrons. The topological polar surface area (TPSA) is 81.7 Å². The Balaban J connectivity index is 1.89. The summed E-state index contributed by atoms with van der Waals surface area (Å²) in [5.41, 5.74) is 0.277. The molecule has 0 saturated carbocycles. The molecule has 0 bridgehead atoms. The van der Waals surface area contributed by atoms with E-state index in [-0.39, 0.29) is 12.2 Å². The third-order valence-corrected chi connectivity index (χ3v) is 4.96. The molecule has 2 aromatic heterocycles. The fraction of sp³-hybridized carbons (Fsp3) is 0.214. The van der Waals surface area contributed by atoms with Gasteiger partial charge in [0.25, 0.3) is 5.91 Å². The number of halogens is 1. The summed E-state index contributed by atoms with van der Waals surface area (Å²) in [6, 6.07) is 4.89. The first-order valence-corrected chi connectivity index (χ1v) is 8.97. The van der Waals surface area contributed by atoms with Gasteiger partial charge in [-0.2, -0.15) is 0 Å². The van der Waals surface area contributed by atoms with Crippen molar-refractivity contribution in [2.45, 2.75) is 6.92 Å². The van der Waals surface area contributed by atoms with E-state index in [2.05, 4.69) is 21.2 Å². The molecule has 1 N–H and O–H groups in total. The monoisotopic (exact) mass is 417 g/mol. The van der Waals surface area contributed by atoms with Crippen LogP contribution in [-0.4, -0.2) is 31.1 Å². The van der Waals surface area contributed by atoms with Crippen molar-refractivity contribution in [2.75, 3.05) is 18.5 Å². The van der Waals surface area contributed by atoms with Gasteiger partial charge in [0.05, 0.1) is 16.0 Å². The maximum absolute atomic E-state index is 11.8.